The topological polar surface area (TPSA) is 274 Å². The molecule has 0 aliphatic carbocycles. The van der Waals surface area contributed by atoms with Gasteiger partial charge >= 0.3 is 5.97 Å². The Morgan fingerprint density at radius 1 is 0.479 bits per heavy atom. The first-order valence-corrected chi connectivity index (χ1v) is 22.4. The molecule has 0 spiro atoms. The number of aromatic carboxylic acids is 1. The largest absolute Gasteiger partial charge is 0.477 e. The predicted molar refractivity (Wildman–Crippen MR) is 275 cm³/mol. The summed E-state index contributed by atoms with van der Waals surface area (Å²) in [5.41, 5.74) is 8.48. The summed E-state index contributed by atoms with van der Waals surface area (Å²) >= 11 is 0. The third-order valence-electron chi connectivity index (χ3n) is 10.2. The number of anilines is 1. The Labute approximate surface area is 416 Å². The average molecular weight is 983 g/mol. The zero-order valence-electron chi connectivity index (χ0n) is 39.6. The maximum Gasteiger partial charge on any atom is 0.354 e. The standard InChI is InChI=1S/C19H17N3O4.C19H19N3O2.C16H10N2O5/c1-12(2)20-19(23)16-11-6-13-4-3-5-17(18(13)21-16)26-15-9-7-14(8-10-15)22(24)25;1-12(2)21-19(23)16-11-6-13-4-3-5-17(18(13)22-16)24-15-9-7-14(20)8-10-15;19-16(20)13-9-4-10-2-1-3-14(15(10)17-13)23-12-7-5-11(6-8-12)18(21)22/h3-12H,1-2H3,(H,20,23);3-12H,20H2,1-2H3,(H,21,23);1-9H,(H,19,20). The van der Waals surface area contributed by atoms with Gasteiger partial charge < -0.3 is 35.7 Å². The number of nitro benzene ring substituents is 2. The number of aromatic nitrogens is 3. The van der Waals surface area contributed by atoms with Crippen LogP contribution in [0.15, 0.2) is 164 Å². The number of nitrogens with one attached hydrogen (secondary N) is 2. The fraction of sp³-hybridized carbons (Fsp3) is 0.111. The van der Waals surface area contributed by atoms with E-state index in [4.69, 9.17) is 25.1 Å². The molecule has 0 atom stereocenters. The quantitative estimate of drug-likeness (QED) is 0.0475. The molecule has 0 aliphatic rings. The van der Waals surface area contributed by atoms with E-state index >= 15 is 0 Å². The lowest BCUT2D eigenvalue weighted by Crippen LogP contribution is -2.30. The van der Waals surface area contributed by atoms with Crippen LogP contribution in [0.2, 0.25) is 0 Å². The summed E-state index contributed by atoms with van der Waals surface area (Å²) in [6.07, 6.45) is 0. The highest BCUT2D eigenvalue weighted by atomic mass is 16.6. The molecule has 9 rings (SSSR count). The van der Waals surface area contributed by atoms with E-state index in [1.807, 2.05) is 64.1 Å². The van der Waals surface area contributed by atoms with Crippen LogP contribution in [0.1, 0.15) is 59.2 Å². The van der Waals surface area contributed by atoms with E-state index < -0.39 is 15.8 Å². The van der Waals surface area contributed by atoms with E-state index in [-0.39, 0.29) is 41.0 Å². The summed E-state index contributed by atoms with van der Waals surface area (Å²) in [4.78, 5) is 68.8. The average Bonchev–Trinajstić information content (AvgIpc) is 3.37. The number of carboxylic acid groups (broad SMARTS) is 1. The molecule has 0 fully saturated rings. The van der Waals surface area contributed by atoms with Crippen LogP contribution in [0.4, 0.5) is 17.1 Å². The molecule has 5 N–H and O–H groups in total. The van der Waals surface area contributed by atoms with Gasteiger partial charge in [0, 0.05) is 58.2 Å². The van der Waals surface area contributed by atoms with Crippen molar-refractivity contribution in [2.45, 2.75) is 39.8 Å². The van der Waals surface area contributed by atoms with Crippen molar-refractivity contribution in [1.29, 1.82) is 0 Å². The number of hydrogen-bond donors (Lipinski definition) is 4. The number of carbonyl (C=O) groups is 3. The van der Waals surface area contributed by atoms with Gasteiger partial charge in [-0.1, -0.05) is 54.6 Å². The molecule has 368 valence electrons. The predicted octanol–water partition coefficient (Wildman–Crippen LogP) is 11.5. The summed E-state index contributed by atoms with van der Waals surface area (Å²) in [5, 5.41) is 38.5. The Morgan fingerprint density at radius 2 is 0.795 bits per heavy atom. The number of carboxylic acids is 1. The van der Waals surface area contributed by atoms with Crippen LogP contribution >= 0.6 is 0 Å². The molecule has 2 amide bonds. The molecule has 19 heteroatoms. The number of nitrogens with two attached hydrogens (primary N) is 1. The van der Waals surface area contributed by atoms with E-state index in [0.29, 0.717) is 68.1 Å². The number of carbonyl (C=O) groups excluding carboxylic acids is 2. The molecule has 3 aromatic heterocycles. The van der Waals surface area contributed by atoms with Gasteiger partial charge in [-0.3, -0.25) is 29.8 Å². The first-order chi connectivity index (χ1) is 35.0. The molecule has 73 heavy (non-hydrogen) atoms. The fourth-order valence-electron chi connectivity index (χ4n) is 6.84. The highest BCUT2D eigenvalue weighted by Gasteiger charge is 2.16. The van der Waals surface area contributed by atoms with E-state index in [2.05, 4.69) is 25.6 Å². The Hall–Kier alpha value is -10.0. The summed E-state index contributed by atoms with van der Waals surface area (Å²) < 4.78 is 17.4. The first kappa shape index (κ1) is 50.8. The number of rotatable bonds is 13. The molecule has 6 aromatic carbocycles. The smallest absolute Gasteiger partial charge is 0.354 e. The van der Waals surface area contributed by atoms with Crippen molar-refractivity contribution in [2.24, 2.45) is 0 Å². The molecule has 0 saturated carbocycles. The number of nitrogen functional groups attached to an aromatic ring is 1. The van der Waals surface area contributed by atoms with Crippen molar-refractivity contribution in [2.75, 3.05) is 5.73 Å². The molecule has 3 heterocycles. The van der Waals surface area contributed by atoms with Crippen LogP contribution in [0.3, 0.4) is 0 Å². The minimum Gasteiger partial charge on any atom is -0.477 e. The molecular weight excluding hydrogens is 937 g/mol. The van der Waals surface area contributed by atoms with E-state index in [1.165, 1.54) is 54.6 Å². The van der Waals surface area contributed by atoms with Gasteiger partial charge in [0.1, 0.15) is 50.9 Å². The molecular formula is C54H46N8O11. The molecule has 0 saturated heterocycles. The number of pyridine rings is 3. The molecule has 9 aromatic rings. The monoisotopic (exact) mass is 982 g/mol. The Bertz CT molecular complexity index is 3480. The van der Waals surface area contributed by atoms with Crippen molar-refractivity contribution in [3.8, 4) is 34.5 Å². The zero-order chi connectivity index (χ0) is 52.2. The normalized spacial score (nSPS) is 10.7. The fourth-order valence-corrected chi connectivity index (χ4v) is 6.84. The van der Waals surface area contributed by atoms with Crippen LogP contribution in [0.5, 0.6) is 34.5 Å². The number of ether oxygens (including phenoxy) is 3. The van der Waals surface area contributed by atoms with Crippen molar-refractivity contribution in [1.82, 2.24) is 25.6 Å². The van der Waals surface area contributed by atoms with Crippen molar-refractivity contribution in [3.05, 3.63) is 201 Å². The van der Waals surface area contributed by atoms with Crippen molar-refractivity contribution in [3.63, 3.8) is 0 Å². The summed E-state index contributed by atoms with van der Waals surface area (Å²) in [6.45, 7) is 7.58. The summed E-state index contributed by atoms with van der Waals surface area (Å²) in [6, 6.07) is 45.0. The lowest BCUT2D eigenvalue weighted by molar-refractivity contribution is -0.385. The minimum atomic E-state index is -1.13. The number of nitro groups is 2. The van der Waals surface area contributed by atoms with Crippen LogP contribution in [0.25, 0.3) is 32.7 Å². The lowest BCUT2D eigenvalue weighted by atomic mass is 10.2. The van der Waals surface area contributed by atoms with Gasteiger partial charge in [0.15, 0.2) is 17.2 Å². The minimum absolute atomic E-state index is 0.00611. The van der Waals surface area contributed by atoms with Crippen molar-refractivity contribution < 1.29 is 43.5 Å². The van der Waals surface area contributed by atoms with Crippen LogP contribution in [0, 0.1) is 20.2 Å². The lowest BCUT2D eigenvalue weighted by Gasteiger charge is -2.11. The molecule has 0 aliphatic heterocycles. The third kappa shape index (κ3) is 13.4. The second-order valence-electron chi connectivity index (χ2n) is 16.5. The highest BCUT2D eigenvalue weighted by Crippen LogP contribution is 2.33. The Morgan fingerprint density at radius 3 is 1.11 bits per heavy atom. The second kappa shape index (κ2) is 23.0. The maximum absolute atomic E-state index is 12.2. The van der Waals surface area contributed by atoms with Gasteiger partial charge in [-0.25, -0.2) is 19.7 Å². The number of amides is 2. The SMILES string of the molecule is CC(C)NC(=O)c1ccc2cccc(Oc3ccc(N)cc3)c2n1.CC(C)NC(=O)c1ccc2cccc(Oc3ccc([N+](=O)[O-])cc3)c2n1.O=C(O)c1ccc2cccc(Oc3ccc([N+](=O)[O-])cc3)c2n1. The van der Waals surface area contributed by atoms with Gasteiger partial charge in [-0.2, -0.15) is 0 Å². The summed E-state index contributed by atoms with van der Waals surface area (Å²) in [7, 11) is 0. The van der Waals surface area contributed by atoms with Crippen LogP contribution in [-0.2, 0) is 0 Å². The van der Waals surface area contributed by atoms with Crippen LogP contribution in [-0.4, -0.2) is 59.8 Å². The summed E-state index contributed by atoms with van der Waals surface area (Å²) in [5.74, 6) is 1.35. The van der Waals surface area contributed by atoms with E-state index in [0.717, 1.165) is 16.2 Å². The number of benzene rings is 6. The molecule has 19 nitrogen and oxygen atoms in total. The first-order valence-electron chi connectivity index (χ1n) is 22.4. The van der Waals surface area contributed by atoms with E-state index in [9.17, 15) is 34.6 Å². The van der Waals surface area contributed by atoms with Gasteiger partial charge in [-0.15, -0.1) is 0 Å². The third-order valence-corrected chi connectivity index (χ3v) is 10.2. The number of fused-ring (bicyclic) bond motifs is 3. The molecule has 0 unspecified atom stereocenters. The Kier molecular flexibility index (Phi) is 16.0. The number of para-hydroxylation sites is 3. The van der Waals surface area contributed by atoms with E-state index in [1.54, 1.807) is 72.8 Å². The van der Waals surface area contributed by atoms with Gasteiger partial charge in [0.05, 0.1) is 9.85 Å². The maximum atomic E-state index is 12.2. The number of non-ortho nitro benzene ring substituents is 2. The van der Waals surface area contributed by atoms with Crippen molar-refractivity contribution >= 4 is 67.6 Å². The molecule has 0 bridgehead atoms. The van der Waals surface area contributed by atoms with Gasteiger partial charge in [0.2, 0.25) is 0 Å². The van der Waals surface area contributed by atoms with Crippen LogP contribution < -0.4 is 30.6 Å². The number of nitrogens with zero attached hydrogens (tertiary/aromatic N) is 5. The second-order valence-corrected chi connectivity index (χ2v) is 16.5. The number of hydrogen-bond acceptors (Lipinski definition) is 14. The zero-order valence-corrected chi connectivity index (χ0v) is 39.6. The van der Waals surface area contributed by atoms with Gasteiger partial charge in [-0.05, 0) is 113 Å². The van der Waals surface area contributed by atoms with Gasteiger partial charge in [0.25, 0.3) is 23.2 Å². The molecule has 0 radical (unpaired) electrons. The Balaban J connectivity index is 0.000000161. The highest BCUT2D eigenvalue weighted by molar-refractivity contribution is 5.97.